The quantitative estimate of drug-likeness (QED) is 0.913. The Labute approximate surface area is 108 Å². The molecule has 0 saturated heterocycles. The molecule has 0 spiro atoms. The van der Waals surface area contributed by atoms with E-state index < -0.39 is 5.97 Å². The number of hydrogen-bond acceptors (Lipinski definition) is 4. The standard InChI is InChI=1S/C12H11N3O2S/c16-12(17)10-6-15(14-13-10)5-8-7-18-11-4-2-1-3-9(8)11/h1-4,6,8H,5,7H2,(H,16,17). The molecule has 1 aliphatic heterocycles. The summed E-state index contributed by atoms with van der Waals surface area (Å²) in [5.74, 6) is 0.332. The molecule has 2 aromatic rings. The summed E-state index contributed by atoms with van der Waals surface area (Å²) in [5, 5.41) is 16.3. The second-order valence-corrected chi connectivity index (χ2v) is 5.24. The van der Waals surface area contributed by atoms with E-state index in [2.05, 4.69) is 22.4 Å². The number of carboxylic acid groups (broad SMARTS) is 1. The van der Waals surface area contributed by atoms with E-state index in [1.165, 1.54) is 16.7 Å². The van der Waals surface area contributed by atoms with E-state index in [1.807, 2.05) is 23.9 Å². The van der Waals surface area contributed by atoms with Crippen molar-refractivity contribution < 1.29 is 9.90 Å². The van der Waals surface area contributed by atoms with Crippen LogP contribution in [-0.2, 0) is 6.54 Å². The van der Waals surface area contributed by atoms with Gasteiger partial charge in [-0.05, 0) is 11.6 Å². The predicted octanol–water partition coefficient (Wildman–Crippen LogP) is 1.87. The molecule has 1 N–H and O–H groups in total. The van der Waals surface area contributed by atoms with Crippen LogP contribution in [0.5, 0.6) is 0 Å². The maximum Gasteiger partial charge on any atom is 0.358 e. The third-order valence-corrected chi connectivity index (χ3v) is 4.22. The zero-order chi connectivity index (χ0) is 12.5. The summed E-state index contributed by atoms with van der Waals surface area (Å²) in [6, 6.07) is 8.30. The molecule has 1 aliphatic rings. The molecule has 5 nitrogen and oxygen atoms in total. The second kappa shape index (κ2) is 4.45. The van der Waals surface area contributed by atoms with Crippen LogP contribution in [0.1, 0.15) is 22.0 Å². The Bertz CT molecular complexity index is 597. The Hall–Kier alpha value is -1.82. The molecule has 0 bridgehead atoms. The van der Waals surface area contributed by atoms with Gasteiger partial charge in [0, 0.05) is 16.6 Å². The number of carboxylic acids is 1. The second-order valence-electron chi connectivity index (χ2n) is 4.18. The molecule has 1 aromatic heterocycles. The van der Waals surface area contributed by atoms with Gasteiger partial charge in [-0.25, -0.2) is 4.79 Å². The fraction of sp³-hybridized carbons (Fsp3) is 0.250. The molecule has 92 valence electrons. The van der Waals surface area contributed by atoms with Gasteiger partial charge < -0.3 is 5.11 Å². The first-order chi connectivity index (χ1) is 8.74. The predicted molar refractivity (Wildman–Crippen MR) is 66.9 cm³/mol. The highest BCUT2D eigenvalue weighted by atomic mass is 32.2. The van der Waals surface area contributed by atoms with Gasteiger partial charge in [-0.2, -0.15) is 0 Å². The number of nitrogens with zero attached hydrogens (tertiary/aromatic N) is 3. The molecular formula is C12H11N3O2S. The molecular weight excluding hydrogens is 250 g/mol. The van der Waals surface area contributed by atoms with Gasteiger partial charge in [0.15, 0.2) is 5.69 Å². The van der Waals surface area contributed by atoms with Crippen LogP contribution in [0.4, 0.5) is 0 Å². The molecule has 0 fully saturated rings. The smallest absolute Gasteiger partial charge is 0.358 e. The Morgan fingerprint density at radius 3 is 3.11 bits per heavy atom. The van der Waals surface area contributed by atoms with Crippen LogP contribution >= 0.6 is 11.8 Å². The zero-order valence-electron chi connectivity index (χ0n) is 9.48. The van der Waals surface area contributed by atoms with Crippen molar-refractivity contribution in [1.29, 1.82) is 0 Å². The van der Waals surface area contributed by atoms with Gasteiger partial charge in [-0.15, -0.1) is 16.9 Å². The molecule has 18 heavy (non-hydrogen) atoms. The lowest BCUT2D eigenvalue weighted by Crippen LogP contribution is -2.09. The number of aromatic nitrogens is 3. The lowest BCUT2D eigenvalue weighted by atomic mass is 10.0. The Kier molecular flexibility index (Phi) is 2.79. The topological polar surface area (TPSA) is 68.0 Å². The third-order valence-electron chi connectivity index (χ3n) is 2.96. The first-order valence-corrected chi connectivity index (χ1v) is 6.58. The van der Waals surface area contributed by atoms with Crippen molar-refractivity contribution in [3.05, 3.63) is 41.7 Å². The van der Waals surface area contributed by atoms with Crippen LogP contribution in [-0.4, -0.2) is 31.8 Å². The molecule has 0 saturated carbocycles. The minimum absolute atomic E-state index is 0.00562. The van der Waals surface area contributed by atoms with Crippen LogP contribution in [0.25, 0.3) is 0 Å². The van der Waals surface area contributed by atoms with Gasteiger partial charge in [0.05, 0.1) is 12.7 Å². The van der Waals surface area contributed by atoms with Crippen molar-refractivity contribution in [2.24, 2.45) is 0 Å². The number of hydrogen-bond donors (Lipinski definition) is 1. The molecule has 0 aliphatic carbocycles. The minimum atomic E-state index is -1.04. The van der Waals surface area contributed by atoms with Crippen molar-refractivity contribution in [2.45, 2.75) is 17.4 Å². The third kappa shape index (κ3) is 1.99. The van der Waals surface area contributed by atoms with Crippen LogP contribution in [0.15, 0.2) is 35.4 Å². The Balaban J connectivity index is 1.80. The summed E-state index contributed by atoms with van der Waals surface area (Å²) < 4.78 is 1.61. The van der Waals surface area contributed by atoms with Crippen molar-refractivity contribution in [3.8, 4) is 0 Å². The van der Waals surface area contributed by atoms with E-state index in [0.29, 0.717) is 12.5 Å². The highest BCUT2D eigenvalue weighted by Crippen LogP contribution is 2.39. The van der Waals surface area contributed by atoms with E-state index in [-0.39, 0.29) is 5.69 Å². The number of carbonyl (C=O) groups is 1. The highest BCUT2D eigenvalue weighted by molar-refractivity contribution is 7.99. The van der Waals surface area contributed by atoms with Gasteiger partial charge in [-0.3, -0.25) is 4.68 Å². The molecule has 1 aromatic carbocycles. The molecule has 3 rings (SSSR count). The van der Waals surface area contributed by atoms with E-state index in [9.17, 15) is 4.79 Å². The highest BCUT2D eigenvalue weighted by Gasteiger charge is 2.23. The Morgan fingerprint density at radius 2 is 2.33 bits per heavy atom. The van der Waals surface area contributed by atoms with Gasteiger partial charge >= 0.3 is 5.97 Å². The molecule has 1 unspecified atom stereocenters. The lowest BCUT2D eigenvalue weighted by molar-refractivity contribution is 0.0690. The van der Waals surface area contributed by atoms with Crippen LogP contribution in [0, 0.1) is 0 Å². The number of benzene rings is 1. The summed E-state index contributed by atoms with van der Waals surface area (Å²) in [6.07, 6.45) is 1.48. The number of thioether (sulfide) groups is 1. The summed E-state index contributed by atoms with van der Waals surface area (Å²) in [7, 11) is 0. The molecule has 0 amide bonds. The number of aromatic carboxylic acids is 1. The first kappa shape index (κ1) is 11.3. The maximum absolute atomic E-state index is 10.7. The minimum Gasteiger partial charge on any atom is -0.476 e. The maximum atomic E-state index is 10.7. The average molecular weight is 261 g/mol. The normalized spacial score (nSPS) is 17.7. The zero-order valence-corrected chi connectivity index (χ0v) is 10.3. The van der Waals surface area contributed by atoms with E-state index >= 15 is 0 Å². The largest absolute Gasteiger partial charge is 0.476 e. The SMILES string of the molecule is O=C(O)c1cn(CC2CSc3ccccc32)nn1. The van der Waals surface area contributed by atoms with Crippen LogP contribution in [0.3, 0.4) is 0 Å². The van der Waals surface area contributed by atoms with Crippen molar-refractivity contribution in [2.75, 3.05) is 5.75 Å². The summed E-state index contributed by atoms with van der Waals surface area (Å²) in [6.45, 7) is 0.671. The molecule has 6 heteroatoms. The van der Waals surface area contributed by atoms with E-state index in [4.69, 9.17) is 5.11 Å². The van der Waals surface area contributed by atoms with Gasteiger partial charge in [-0.1, -0.05) is 23.4 Å². The number of fused-ring (bicyclic) bond motifs is 1. The van der Waals surface area contributed by atoms with Crippen molar-refractivity contribution in [1.82, 2.24) is 15.0 Å². The van der Waals surface area contributed by atoms with E-state index in [0.717, 1.165) is 5.75 Å². The fourth-order valence-corrected chi connectivity index (χ4v) is 3.33. The van der Waals surface area contributed by atoms with Crippen LogP contribution in [0.2, 0.25) is 0 Å². The van der Waals surface area contributed by atoms with Crippen molar-refractivity contribution in [3.63, 3.8) is 0 Å². The first-order valence-electron chi connectivity index (χ1n) is 5.59. The fourth-order valence-electron chi connectivity index (χ4n) is 2.09. The van der Waals surface area contributed by atoms with E-state index in [1.54, 1.807) is 4.68 Å². The van der Waals surface area contributed by atoms with Gasteiger partial charge in [0.1, 0.15) is 0 Å². The Morgan fingerprint density at radius 1 is 1.50 bits per heavy atom. The summed E-state index contributed by atoms with van der Waals surface area (Å²) in [5.41, 5.74) is 1.31. The van der Waals surface area contributed by atoms with Crippen LogP contribution < -0.4 is 0 Å². The number of rotatable bonds is 3. The lowest BCUT2D eigenvalue weighted by Gasteiger charge is -2.09. The van der Waals surface area contributed by atoms with Crippen molar-refractivity contribution >= 4 is 17.7 Å². The summed E-state index contributed by atoms with van der Waals surface area (Å²) >= 11 is 1.83. The van der Waals surface area contributed by atoms with Gasteiger partial charge in [0.2, 0.25) is 0 Å². The monoisotopic (exact) mass is 261 g/mol. The average Bonchev–Trinajstić information content (AvgIpc) is 2.98. The molecule has 1 atom stereocenters. The molecule has 2 heterocycles. The van der Waals surface area contributed by atoms with Gasteiger partial charge in [0.25, 0.3) is 0 Å². The summed E-state index contributed by atoms with van der Waals surface area (Å²) in [4.78, 5) is 12.0. The molecule has 0 radical (unpaired) electrons.